The second-order valence-corrected chi connectivity index (χ2v) is 7.93. The maximum atomic E-state index is 12.9. The lowest BCUT2D eigenvalue weighted by molar-refractivity contribution is 0.102. The maximum absolute atomic E-state index is 12.9. The van der Waals surface area contributed by atoms with Crippen LogP contribution in [0.25, 0.3) is 11.4 Å². The largest absolute Gasteiger partial charge is 0.350 e. The molecule has 0 unspecified atom stereocenters. The van der Waals surface area contributed by atoms with Gasteiger partial charge in [-0.25, -0.2) is 0 Å². The molecule has 0 spiro atoms. The summed E-state index contributed by atoms with van der Waals surface area (Å²) in [5.74, 6) is 0.393. The van der Waals surface area contributed by atoms with E-state index in [4.69, 9.17) is 0 Å². The van der Waals surface area contributed by atoms with Gasteiger partial charge in [0.25, 0.3) is 11.5 Å². The van der Waals surface area contributed by atoms with Gasteiger partial charge in [0.05, 0.1) is 17.1 Å². The lowest BCUT2D eigenvalue weighted by Crippen LogP contribution is -2.32. The fourth-order valence-electron chi connectivity index (χ4n) is 4.00. The molecule has 4 aromatic rings. The molecular weight excluding hydrogens is 416 g/mol. The number of carbonyl (C=O) groups excluding carboxylic acids is 1. The molecule has 164 valence electrons. The number of pyridine rings is 2. The molecule has 8 heteroatoms. The summed E-state index contributed by atoms with van der Waals surface area (Å²) < 4.78 is 0. The molecule has 33 heavy (non-hydrogen) atoms. The van der Waals surface area contributed by atoms with Crippen molar-refractivity contribution in [3.63, 3.8) is 0 Å². The van der Waals surface area contributed by atoms with Crippen molar-refractivity contribution >= 4 is 17.4 Å². The van der Waals surface area contributed by atoms with Gasteiger partial charge in [0.2, 0.25) is 0 Å². The Morgan fingerprint density at radius 2 is 1.94 bits per heavy atom. The van der Waals surface area contributed by atoms with Crippen LogP contribution in [0.5, 0.6) is 0 Å². The van der Waals surface area contributed by atoms with E-state index in [1.165, 1.54) is 6.07 Å². The van der Waals surface area contributed by atoms with Gasteiger partial charge >= 0.3 is 0 Å². The van der Waals surface area contributed by atoms with E-state index in [0.29, 0.717) is 17.9 Å². The molecule has 8 nitrogen and oxygen atoms in total. The first-order valence-corrected chi connectivity index (χ1v) is 10.7. The van der Waals surface area contributed by atoms with Crippen molar-refractivity contribution in [1.82, 2.24) is 20.2 Å². The molecule has 5 rings (SSSR count). The number of anilines is 2. The highest BCUT2D eigenvalue weighted by Crippen LogP contribution is 2.28. The summed E-state index contributed by atoms with van der Waals surface area (Å²) in [6.07, 6.45) is 2.40. The van der Waals surface area contributed by atoms with E-state index in [0.717, 1.165) is 41.3 Å². The highest BCUT2D eigenvalue weighted by Gasteiger charge is 2.21. The van der Waals surface area contributed by atoms with Gasteiger partial charge in [-0.1, -0.05) is 18.2 Å². The van der Waals surface area contributed by atoms with Crippen LogP contribution < -0.4 is 15.8 Å². The van der Waals surface area contributed by atoms with Gasteiger partial charge < -0.3 is 15.2 Å². The molecule has 0 saturated carbocycles. The number of benzene rings is 1. The number of nitrogens with one attached hydrogen (secondary N) is 2. The molecule has 0 aliphatic carbocycles. The average molecular weight is 438 g/mol. The third-order valence-electron chi connectivity index (χ3n) is 5.72. The number of aromatic amines is 1. The number of aromatic nitrogens is 4. The standard InChI is InChI=1S/C25H22N6O2/c1-16-8-11-23(30-29-16)31-14-12-18-17(15-31)5-4-7-20(18)27-24(32)19-9-10-22(28-25(19)33)21-6-2-3-13-26-21/h2-11,13H,12,14-15H2,1H3,(H,27,32)(H,28,33). The molecule has 1 amide bonds. The van der Waals surface area contributed by atoms with Crippen LogP contribution in [0.1, 0.15) is 27.2 Å². The summed E-state index contributed by atoms with van der Waals surface area (Å²) in [7, 11) is 0. The first-order chi connectivity index (χ1) is 16.1. The van der Waals surface area contributed by atoms with Crippen molar-refractivity contribution in [3.05, 3.63) is 99.6 Å². The Hall–Kier alpha value is -4.33. The Labute approximate surface area is 190 Å². The summed E-state index contributed by atoms with van der Waals surface area (Å²) in [5, 5.41) is 11.4. The second-order valence-electron chi connectivity index (χ2n) is 7.93. The Morgan fingerprint density at radius 3 is 2.70 bits per heavy atom. The number of fused-ring (bicyclic) bond motifs is 1. The molecule has 3 aromatic heterocycles. The molecule has 0 saturated heterocycles. The van der Waals surface area contributed by atoms with E-state index < -0.39 is 11.5 Å². The van der Waals surface area contributed by atoms with Gasteiger partial charge in [-0.15, -0.1) is 5.10 Å². The van der Waals surface area contributed by atoms with E-state index >= 15 is 0 Å². The number of nitrogens with zero attached hydrogens (tertiary/aromatic N) is 4. The predicted octanol–water partition coefficient (Wildman–Crippen LogP) is 3.35. The van der Waals surface area contributed by atoms with E-state index in [1.54, 1.807) is 24.4 Å². The number of rotatable bonds is 4. The predicted molar refractivity (Wildman–Crippen MR) is 126 cm³/mol. The van der Waals surface area contributed by atoms with Gasteiger partial charge in [-0.3, -0.25) is 14.6 Å². The summed E-state index contributed by atoms with van der Waals surface area (Å²) >= 11 is 0. The van der Waals surface area contributed by atoms with Crippen LogP contribution in [0.15, 0.2) is 71.7 Å². The molecular formula is C25H22N6O2. The molecule has 0 bridgehead atoms. The second kappa shape index (κ2) is 8.66. The molecule has 1 aromatic carbocycles. The molecule has 0 fully saturated rings. The number of hydrogen-bond acceptors (Lipinski definition) is 6. The SMILES string of the molecule is Cc1ccc(N2CCc3c(cccc3NC(=O)c3ccc(-c4ccccn4)[nH]c3=O)C2)nn1. The molecule has 0 radical (unpaired) electrons. The average Bonchev–Trinajstić information content (AvgIpc) is 2.85. The summed E-state index contributed by atoms with van der Waals surface area (Å²) in [6.45, 7) is 3.35. The van der Waals surface area contributed by atoms with Crippen LogP contribution in [-0.2, 0) is 13.0 Å². The molecule has 1 aliphatic rings. The monoisotopic (exact) mass is 438 g/mol. The fraction of sp³-hybridized carbons (Fsp3) is 0.160. The first-order valence-electron chi connectivity index (χ1n) is 10.7. The van der Waals surface area contributed by atoms with Crippen molar-refractivity contribution in [1.29, 1.82) is 0 Å². The maximum Gasteiger partial charge on any atom is 0.261 e. The third-order valence-corrected chi connectivity index (χ3v) is 5.72. The number of aryl methyl sites for hydroxylation is 1. The van der Waals surface area contributed by atoms with E-state index in [9.17, 15) is 9.59 Å². The van der Waals surface area contributed by atoms with Crippen LogP contribution >= 0.6 is 0 Å². The van der Waals surface area contributed by atoms with Crippen molar-refractivity contribution < 1.29 is 4.79 Å². The normalized spacial score (nSPS) is 12.8. The zero-order chi connectivity index (χ0) is 22.8. The fourth-order valence-corrected chi connectivity index (χ4v) is 4.00. The van der Waals surface area contributed by atoms with Crippen LogP contribution in [0.3, 0.4) is 0 Å². The Bertz CT molecular complexity index is 1370. The smallest absolute Gasteiger partial charge is 0.261 e. The van der Waals surface area contributed by atoms with Gasteiger partial charge in [0.15, 0.2) is 5.82 Å². The zero-order valence-corrected chi connectivity index (χ0v) is 18.1. The number of carbonyl (C=O) groups is 1. The Kier molecular flexibility index (Phi) is 5.40. The van der Waals surface area contributed by atoms with Crippen molar-refractivity contribution in [3.8, 4) is 11.4 Å². The minimum Gasteiger partial charge on any atom is -0.350 e. The van der Waals surface area contributed by atoms with Crippen molar-refractivity contribution in [2.45, 2.75) is 19.9 Å². The minimum absolute atomic E-state index is 0.0552. The zero-order valence-electron chi connectivity index (χ0n) is 18.1. The summed E-state index contributed by atoms with van der Waals surface area (Å²) in [5.41, 5.74) is 4.59. The van der Waals surface area contributed by atoms with E-state index in [-0.39, 0.29) is 5.56 Å². The topological polar surface area (TPSA) is 104 Å². The first kappa shape index (κ1) is 20.6. The molecule has 4 heterocycles. The molecule has 2 N–H and O–H groups in total. The summed E-state index contributed by atoms with van der Waals surface area (Å²) in [6, 6.07) is 18.4. The third kappa shape index (κ3) is 4.23. The van der Waals surface area contributed by atoms with Gasteiger partial charge in [-0.2, -0.15) is 5.10 Å². The molecule has 0 atom stereocenters. The van der Waals surface area contributed by atoms with Gasteiger partial charge in [-0.05, 0) is 66.9 Å². The van der Waals surface area contributed by atoms with Crippen molar-refractivity contribution in [2.24, 2.45) is 0 Å². The quantitative estimate of drug-likeness (QED) is 0.506. The summed E-state index contributed by atoms with van der Waals surface area (Å²) in [4.78, 5) is 34.7. The van der Waals surface area contributed by atoms with Crippen LogP contribution in [0.4, 0.5) is 11.5 Å². The number of amides is 1. The number of hydrogen-bond donors (Lipinski definition) is 2. The van der Waals surface area contributed by atoms with Gasteiger partial charge in [0, 0.05) is 25.0 Å². The van der Waals surface area contributed by atoms with Gasteiger partial charge in [0.1, 0.15) is 5.56 Å². The lowest BCUT2D eigenvalue weighted by Gasteiger charge is -2.30. The Balaban J connectivity index is 1.35. The highest BCUT2D eigenvalue weighted by atomic mass is 16.2. The number of H-pyrrole nitrogens is 1. The minimum atomic E-state index is -0.454. The highest BCUT2D eigenvalue weighted by molar-refractivity contribution is 6.04. The Morgan fingerprint density at radius 1 is 1.03 bits per heavy atom. The van der Waals surface area contributed by atoms with E-state index in [2.05, 4.69) is 30.4 Å². The van der Waals surface area contributed by atoms with E-state index in [1.807, 2.05) is 43.3 Å². The molecule has 1 aliphatic heterocycles. The van der Waals surface area contributed by atoms with Crippen LogP contribution in [0.2, 0.25) is 0 Å². The van der Waals surface area contributed by atoms with Crippen molar-refractivity contribution in [2.75, 3.05) is 16.8 Å². The lowest BCUT2D eigenvalue weighted by atomic mass is 9.97. The van der Waals surface area contributed by atoms with Crippen LogP contribution in [-0.4, -0.2) is 32.6 Å². The van der Waals surface area contributed by atoms with Crippen LogP contribution in [0, 0.1) is 6.92 Å².